The summed E-state index contributed by atoms with van der Waals surface area (Å²) in [5.74, 6) is 0. The molecule has 114 valence electrons. The molecule has 0 unspecified atom stereocenters. The van der Waals surface area contributed by atoms with Crippen molar-refractivity contribution in [2.24, 2.45) is 0 Å². The highest BCUT2D eigenvalue weighted by Gasteiger charge is 2.10. The van der Waals surface area contributed by atoms with Crippen molar-refractivity contribution in [1.29, 1.82) is 0 Å². The Morgan fingerprint density at radius 2 is 1.91 bits per heavy atom. The van der Waals surface area contributed by atoms with Gasteiger partial charge in [-0.05, 0) is 35.8 Å². The van der Waals surface area contributed by atoms with E-state index in [1.54, 1.807) is 12.5 Å². The summed E-state index contributed by atoms with van der Waals surface area (Å²) in [6, 6.07) is 10.3. The third-order valence-corrected chi connectivity index (χ3v) is 3.96. The lowest BCUT2D eigenvalue weighted by molar-refractivity contribution is 0.568. The Hall–Kier alpha value is -3.00. The Morgan fingerprint density at radius 3 is 2.52 bits per heavy atom. The van der Waals surface area contributed by atoms with Crippen LogP contribution in [-0.4, -0.2) is 4.98 Å². The first kappa shape index (κ1) is 14.9. The van der Waals surface area contributed by atoms with Crippen molar-refractivity contribution in [2.45, 2.75) is 6.92 Å². The van der Waals surface area contributed by atoms with Gasteiger partial charge in [-0.2, -0.15) is 0 Å². The number of allylic oxidation sites excluding steroid dienone is 2. The van der Waals surface area contributed by atoms with E-state index in [9.17, 15) is 0 Å². The zero-order valence-corrected chi connectivity index (χ0v) is 13.2. The molecule has 0 bridgehead atoms. The van der Waals surface area contributed by atoms with Crippen LogP contribution in [0.4, 0.5) is 0 Å². The van der Waals surface area contributed by atoms with E-state index in [1.807, 2.05) is 24.4 Å². The van der Waals surface area contributed by atoms with E-state index in [2.05, 4.69) is 55.4 Å². The fraction of sp³-hybridized carbons (Fsp3) is 0.0476. The number of aromatic amines is 1. The average Bonchev–Trinajstić information content (AvgIpc) is 3.23. The van der Waals surface area contributed by atoms with Crippen molar-refractivity contribution in [3.8, 4) is 11.1 Å². The lowest BCUT2D eigenvalue weighted by atomic mass is 9.98. The van der Waals surface area contributed by atoms with E-state index in [1.165, 1.54) is 0 Å². The largest absolute Gasteiger partial charge is 0.472 e. The molecule has 0 atom stereocenters. The smallest absolute Gasteiger partial charge is 0.0981 e. The van der Waals surface area contributed by atoms with E-state index in [4.69, 9.17) is 4.42 Å². The van der Waals surface area contributed by atoms with E-state index in [0.717, 1.165) is 39.1 Å². The Kier molecular flexibility index (Phi) is 4.15. The van der Waals surface area contributed by atoms with E-state index < -0.39 is 0 Å². The lowest BCUT2D eigenvalue weighted by Crippen LogP contribution is -1.84. The third kappa shape index (κ3) is 2.97. The van der Waals surface area contributed by atoms with Crippen LogP contribution in [0.1, 0.15) is 22.4 Å². The van der Waals surface area contributed by atoms with E-state index >= 15 is 0 Å². The molecule has 0 amide bonds. The maximum absolute atomic E-state index is 5.21. The molecule has 0 aliphatic carbocycles. The molecule has 0 radical (unpaired) electrons. The standard InChI is InChI=1S/C21H19NO/c1-4-16-6-8-18(9-7-16)17(5-2)12-20-15(3)22-13-21(20)19-10-11-23-14-19/h4-14,22H,1-2H2,3H3/b17-12+. The number of benzene rings is 1. The van der Waals surface area contributed by atoms with Crippen molar-refractivity contribution in [2.75, 3.05) is 0 Å². The molecule has 2 heterocycles. The van der Waals surface area contributed by atoms with Crippen LogP contribution in [0.5, 0.6) is 0 Å². The summed E-state index contributed by atoms with van der Waals surface area (Å²) >= 11 is 0. The van der Waals surface area contributed by atoms with Crippen LogP contribution >= 0.6 is 0 Å². The first-order valence-corrected chi connectivity index (χ1v) is 7.50. The molecule has 3 rings (SSSR count). The van der Waals surface area contributed by atoms with Gasteiger partial charge >= 0.3 is 0 Å². The van der Waals surface area contributed by atoms with Crippen LogP contribution in [-0.2, 0) is 0 Å². The van der Waals surface area contributed by atoms with Gasteiger partial charge in [-0.15, -0.1) is 0 Å². The zero-order chi connectivity index (χ0) is 16.2. The molecular formula is C21H19NO. The van der Waals surface area contributed by atoms with Gasteiger partial charge in [0.2, 0.25) is 0 Å². The number of aromatic nitrogens is 1. The number of furan rings is 1. The first-order valence-electron chi connectivity index (χ1n) is 7.50. The Balaban J connectivity index is 2.06. The number of rotatable bonds is 5. The number of hydrogen-bond acceptors (Lipinski definition) is 1. The highest BCUT2D eigenvalue weighted by molar-refractivity contribution is 5.91. The monoisotopic (exact) mass is 301 g/mol. The molecule has 1 aromatic carbocycles. The molecule has 2 heteroatoms. The van der Waals surface area contributed by atoms with Crippen molar-refractivity contribution in [1.82, 2.24) is 4.98 Å². The van der Waals surface area contributed by atoms with Crippen LogP contribution in [0.25, 0.3) is 28.9 Å². The molecular weight excluding hydrogens is 282 g/mol. The fourth-order valence-corrected chi connectivity index (χ4v) is 2.61. The van der Waals surface area contributed by atoms with Gasteiger partial charge in [0, 0.05) is 28.6 Å². The van der Waals surface area contributed by atoms with Crippen molar-refractivity contribution in [3.63, 3.8) is 0 Å². The van der Waals surface area contributed by atoms with Crippen LogP contribution in [0, 0.1) is 6.92 Å². The molecule has 0 aliphatic rings. The fourth-order valence-electron chi connectivity index (χ4n) is 2.61. The van der Waals surface area contributed by atoms with Gasteiger partial charge in [0.15, 0.2) is 0 Å². The normalized spacial score (nSPS) is 11.4. The Labute approximate surface area is 136 Å². The van der Waals surface area contributed by atoms with Gasteiger partial charge in [-0.25, -0.2) is 0 Å². The van der Waals surface area contributed by atoms with Crippen LogP contribution in [0.3, 0.4) is 0 Å². The molecule has 3 aromatic rings. The van der Waals surface area contributed by atoms with Gasteiger partial charge in [0.25, 0.3) is 0 Å². The molecule has 0 saturated carbocycles. The number of aryl methyl sites for hydroxylation is 1. The van der Waals surface area contributed by atoms with Gasteiger partial charge < -0.3 is 9.40 Å². The maximum atomic E-state index is 5.21. The van der Waals surface area contributed by atoms with Gasteiger partial charge in [-0.1, -0.05) is 49.6 Å². The van der Waals surface area contributed by atoms with Crippen LogP contribution in [0.2, 0.25) is 0 Å². The molecule has 23 heavy (non-hydrogen) atoms. The van der Waals surface area contributed by atoms with Crippen molar-refractivity contribution < 1.29 is 4.42 Å². The average molecular weight is 301 g/mol. The molecule has 0 saturated heterocycles. The SMILES string of the molecule is C=C/C(=C\c1c(-c2ccoc2)c[nH]c1C)c1ccc(C=C)cc1. The van der Waals surface area contributed by atoms with Gasteiger partial charge in [0.05, 0.1) is 12.5 Å². The predicted octanol–water partition coefficient (Wildman–Crippen LogP) is 5.95. The van der Waals surface area contributed by atoms with Gasteiger partial charge in [0.1, 0.15) is 0 Å². The third-order valence-electron chi connectivity index (χ3n) is 3.96. The predicted molar refractivity (Wildman–Crippen MR) is 97.8 cm³/mol. The summed E-state index contributed by atoms with van der Waals surface area (Å²) in [6.07, 6.45) is 11.3. The highest BCUT2D eigenvalue weighted by Crippen LogP contribution is 2.30. The minimum Gasteiger partial charge on any atom is -0.472 e. The van der Waals surface area contributed by atoms with E-state index in [-0.39, 0.29) is 0 Å². The summed E-state index contributed by atoms with van der Waals surface area (Å²) in [5.41, 5.74) is 7.76. The Morgan fingerprint density at radius 1 is 1.13 bits per heavy atom. The second-order valence-electron chi connectivity index (χ2n) is 5.38. The molecule has 0 spiro atoms. The lowest BCUT2D eigenvalue weighted by Gasteiger charge is -2.05. The van der Waals surface area contributed by atoms with Crippen LogP contribution < -0.4 is 0 Å². The number of hydrogen-bond donors (Lipinski definition) is 1. The molecule has 0 fully saturated rings. The minimum atomic E-state index is 1.06. The molecule has 2 aromatic heterocycles. The topological polar surface area (TPSA) is 28.9 Å². The summed E-state index contributed by atoms with van der Waals surface area (Å²) in [6.45, 7) is 9.82. The van der Waals surface area contributed by atoms with E-state index in [0.29, 0.717) is 0 Å². The molecule has 2 nitrogen and oxygen atoms in total. The number of nitrogens with one attached hydrogen (secondary N) is 1. The molecule has 0 aliphatic heterocycles. The van der Waals surface area contributed by atoms with Crippen molar-refractivity contribution in [3.05, 3.63) is 90.7 Å². The quantitative estimate of drug-likeness (QED) is 0.579. The molecule has 1 N–H and O–H groups in total. The highest BCUT2D eigenvalue weighted by atomic mass is 16.3. The Bertz CT molecular complexity index is 846. The maximum Gasteiger partial charge on any atom is 0.0981 e. The summed E-state index contributed by atoms with van der Waals surface area (Å²) < 4.78 is 5.21. The summed E-state index contributed by atoms with van der Waals surface area (Å²) in [4.78, 5) is 3.29. The first-order chi connectivity index (χ1) is 11.2. The second-order valence-corrected chi connectivity index (χ2v) is 5.38. The van der Waals surface area contributed by atoms with Crippen molar-refractivity contribution >= 4 is 17.7 Å². The van der Waals surface area contributed by atoms with Gasteiger partial charge in [-0.3, -0.25) is 0 Å². The zero-order valence-electron chi connectivity index (χ0n) is 13.2. The summed E-state index contributed by atoms with van der Waals surface area (Å²) in [5, 5.41) is 0. The number of H-pyrrole nitrogens is 1. The summed E-state index contributed by atoms with van der Waals surface area (Å²) in [7, 11) is 0. The minimum absolute atomic E-state index is 1.06. The van der Waals surface area contributed by atoms with Crippen LogP contribution in [0.15, 0.2) is 72.7 Å². The second kappa shape index (κ2) is 6.41.